The number of aliphatic hydroxyl groups excluding tert-OH is 1. The van der Waals surface area contributed by atoms with Gasteiger partial charge in [-0.05, 0) is 13.3 Å². The Morgan fingerprint density at radius 3 is 3.07 bits per heavy atom. The fourth-order valence-corrected chi connectivity index (χ4v) is 1.79. The molecule has 0 radical (unpaired) electrons. The largest absolute Gasteiger partial charge is 0.390 e. The summed E-state index contributed by atoms with van der Waals surface area (Å²) in [5.74, 6) is 0.886. The van der Waals surface area contributed by atoms with E-state index in [1.54, 1.807) is 13.1 Å². The van der Waals surface area contributed by atoms with Gasteiger partial charge < -0.3 is 15.1 Å². The summed E-state index contributed by atoms with van der Waals surface area (Å²) < 4.78 is 0. The summed E-state index contributed by atoms with van der Waals surface area (Å²) in [5, 5.41) is 26.1. The molecular formula is C9H15N3O2. The maximum Gasteiger partial charge on any atom is 0.124 e. The molecule has 0 amide bonds. The maximum atomic E-state index is 9.89. The number of piperidine rings is 1. The maximum absolute atomic E-state index is 9.89. The van der Waals surface area contributed by atoms with Crippen LogP contribution in [0.15, 0.2) is 12.3 Å². The first-order valence-electron chi connectivity index (χ1n) is 4.74. The molecule has 0 saturated carbocycles. The normalized spacial score (nSPS) is 33.4. The van der Waals surface area contributed by atoms with Crippen LogP contribution in [0.1, 0.15) is 13.3 Å². The van der Waals surface area contributed by atoms with E-state index < -0.39 is 11.7 Å². The number of hydrogen-bond donors (Lipinski definition) is 3. The molecule has 14 heavy (non-hydrogen) atoms. The molecule has 3 N–H and O–H groups in total. The van der Waals surface area contributed by atoms with Gasteiger partial charge in [-0.25, -0.2) is 0 Å². The van der Waals surface area contributed by atoms with E-state index in [1.165, 1.54) is 0 Å². The Hall–Kier alpha value is -1.07. The molecule has 0 bridgehead atoms. The van der Waals surface area contributed by atoms with Gasteiger partial charge in [0.2, 0.25) is 0 Å². The third-order valence-corrected chi connectivity index (χ3v) is 2.73. The fraction of sp³-hybridized carbons (Fsp3) is 0.667. The van der Waals surface area contributed by atoms with Crippen LogP contribution in [0.25, 0.3) is 0 Å². The first-order valence-corrected chi connectivity index (χ1v) is 4.74. The van der Waals surface area contributed by atoms with Crippen LogP contribution >= 0.6 is 0 Å². The molecule has 1 saturated heterocycles. The van der Waals surface area contributed by atoms with E-state index in [-0.39, 0.29) is 0 Å². The molecule has 0 spiro atoms. The van der Waals surface area contributed by atoms with Gasteiger partial charge in [-0.2, -0.15) is 5.10 Å². The Morgan fingerprint density at radius 1 is 1.71 bits per heavy atom. The predicted molar refractivity (Wildman–Crippen MR) is 52.0 cm³/mol. The minimum atomic E-state index is -1.04. The number of aromatic amines is 1. The van der Waals surface area contributed by atoms with E-state index >= 15 is 0 Å². The Morgan fingerprint density at radius 2 is 2.50 bits per heavy atom. The van der Waals surface area contributed by atoms with E-state index in [2.05, 4.69) is 10.2 Å². The van der Waals surface area contributed by atoms with Crippen molar-refractivity contribution in [3.8, 4) is 0 Å². The van der Waals surface area contributed by atoms with E-state index in [9.17, 15) is 10.2 Å². The van der Waals surface area contributed by atoms with Crippen molar-refractivity contribution < 1.29 is 10.2 Å². The lowest BCUT2D eigenvalue weighted by molar-refractivity contribution is -0.0693. The molecule has 1 aromatic rings. The highest BCUT2D eigenvalue weighted by atomic mass is 16.3. The van der Waals surface area contributed by atoms with Crippen LogP contribution in [0.3, 0.4) is 0 Å². The lowest BCUT2D eigenvalue weighted by Crippen LogP contribution is -2.55. The van der Waals surface area contributed by atoms with Crippen LogP contribution in [-0.2, 0) is 0 Å². The Kier molecular flexibility index (Phi) is 2.20. The average Bonchev–Trinajstić information content (AvgIpc) is 2.62. The van der Waals surface area contributed by atoms with Crippen molar-refractivity contribution in [2.24, 2.45) is 0 Å². The molecule has 1 aromatic heterocycles. The molecule has 2 heterocycles. The SMILES string of the molecule is CC1(O)CN(c2ccn[nH]2)CC[C@H]1O. The van der Waals surface area contributed by atoms with E-state index in [0.717, 1.165) is 12.4 Å². The summed E-state index contributed by atoms with van der Waals surface area (Å²) in [6.07, 6.45) is 1.61. The van der Waals surface area contributed by atoms with Gasteiger partial charge in [0.15, 0.2) is 0 Å². The van der Waals surface area contributed by atoms with Crippen LogP contribution < -0.4 is 4.90 Å². The zero-order chi connectivity index (χ0) is 10.2. The number of aromatic nitrogens is 2. The van der Waals surface area contributed by atoms with E-state index in [1.807, 2.05) is 11.0 Å². The number of H-pyrrole nitrogens is 1. The molecule has 5 nitrogen and oxygen atoms in total. The molecule has 1 aliphatic rings. The number of aliphatic hydroxyl groups is 2. The number of nitrogens with zero attached hydrogens (tertiary/aromatic N) is 2. The molecule has 2 rings (SSSR count). The second-order valence-electron chi connectivity index (χ2n) is 4.03. The minimum absolute atomic E-state index is 0.427. The van der Waals surface area contributed by atoms with Gasteiger partial charge in [0.25, 0.3) is 0 Å². The summed E-state index contributed by atoms with van der Waals surface area (Å²) >= 11 is 0. The van der Waals surface area contributed by atoms with Crippen LogP contribution in [0.2, 0.25) is 0 Å². The van der Waals surface area contributed by atoms with Crippen molar-refractivity contribution in [1.29, 1.82) is 0 Å². The molecule has 1 aliphatic heterocycles. The van der Waals surface area contributed by atoms with Crippen LogP contribution in [0.5, 0.6) is 0 Å². The summed E-state index contributed by atoms with van der Waals surface area (Å²) in [6.45, 7) is 2.82. The quantitative estimate of drug-likeness (QED) is 0.579. The van der Waals surface area contributed by atoms with Crippen molar-refractivity contribution in [1.82, 2.24) is 10.2 Å². The van der Waals surface area contributed by atoms with Crippen molar-refractivity contribution in [2.45, 2.75) is 25.0 Å². The monoisotopic (exact) mass is 197 g/mol. The lowest BCUT2D eigenvalue weighted by Gasteiger charge is -2.40. The highest BCUT2D eigenvalue weighted by Gasteiger charge is 2.37. The number of β-amino-alcohol motifs (C(OH)–C–C–N with tert-alkyl or cyclic N) is 1. The van der Waals surface area contributed by atoms with Gasteiger partial charge in [0, 0.05) is 12.6 Å². The van der Waals surface area contributed by atoms with Crippen LogP contribution in [-0.4, -0.2) is 45.2 Å². The second-order valence-corrected chi connectivity index (χ2v) is 4.03. The van der Waals surface area contributed by atoms with Crippen molar-refractivity contribution in [3.63, 3.8) is 0 Å². The Labute approximate surface area is 82.4 Å². The van der Waals surface area contributed by atoms with Crippen LogP contribution in [0, 0.1) is 0 Å². The molecule has 1 fully saturated rings. The molecule has 1 unspecified atom stereocenters. The summed E-state index contributed by atoms with van der Waals surface area (Å²) in [4.78, 5) is 1.99. The average molecular weight is 197 g/mol. The van der Waals surface area contributed by atoms with Crippen molar-refractivity contribution in [3.05, 3.63) is 12.3 Å². The van der Waals surface area contributed by atoms with Gasteiger partial charge in [0.05, 0.1) is 18.8 Å². The second kappa shape index (κ2) is 3.25. The van der Waals surface area contributed by atoms with Gasteiger partial charge in [-0.15, -0.1) is 0 Å². The molecule has 78 valence electrons. The predicted octanol–water partition coefficient (Wildman–Crippen LogP) is -0.268. The number of nitrogens with one attached hydrogen (secondary N) is 1. The molecular weight excluding hydrogens is 182 g/mol. The van der Waals surface area contributed by atoms with Crippen molar-refractivity contribution in [2.75, 3.05) is 18.0 Å². The summed E-state index contributed by atoms with van der Waals surface area (Å²) in [7, 11) is 0. The van der Waals surface area contributed by atoms with Gasteiger partial charge in [-0.3, -0.25) is 5.10 Å². The van der Waals surface area contributed by atoms with Gasteiger partial charge >= 0.3 is 0 Å². The summed E-state index contributed by atoms with van der Waals surface area (Å²) in [6, 6.07) is 1.85. The number of hydrogen-bond acceptors (Lipinski definition) is 4. The first kappa shape index (κ1) is 9.48. The molecule has 2 atom stereocenters. The van der Waals surface area contributed by atoms with Crippen molar-refractivity contribution >= 4 is 5.82 Å². The summed E-state index contributed by atoms with van der Waals surface area (Å²) in [5.41, 5.74) is -1.04. The lowest BCUT2D eigenvalue weighted by atomic mass is 9.92. The molecule has 5 heteroatoms. The Bertz CT molecular complexity index is 297. The number of anilines is 1. The van der Waals surface area contributed by atoms with Gasteiger partial charge in [0.1, 0.15) is 11.4 Å². The van der Waals surface area contributed by atoms with Crippen LogP contribution in [0.4, 0.5) is 5.82 Å². The zero-order valence-electron chi connectivity index (χ0n) is 8.14. The topological polar surface area (TPSA) is 72.4 Å². The number of rotatable bonds is 1. The standard InChI is InChI=1S/C9H15N3O2/c1-9(14)6-12(5-3-7(9)13)8-2-4-10-11-8/h2,4,7,13-14H,3,5-6H2,1H3,(H,10,11)/t7-,9?/m1/s1. The zero-order valence-corrected chi connectivity index (χ0v) is 8.14. The molecule has 0 aromatic carbocycles. The minimum Gasteiger partial charge on any atom is -0.390 e. The van der Waals surface area contributed by atoms with Gasteiger partial charge in [-0.1, -0.05) is 0 Å². The smallest absolute Gasteiger partial charge is 0.124 e. The van der Waals surface area contributed by atoms with E-state index in [0.29, 0.717) is 13.0 Å². The highest BCUT2D eigenvalue weighted by Crippen LogP contribution is 2.24. The highest BCUT2D eigenvalue weighted by molar-refractivity contribution is 5.38. The third kappa shape index (κ3) is 1.60. The molecule has 0 aliphatic carbocycles. The Balaban J connectivity index is 2.11. The fourth-order valence-electron chi connectivity index (χ4n) is 1.79. The third-order valence-electron chi connectivity index (χ3n) is 2.73. The van der Waals surface area contributed by atoms with E-state index in [4.69, 9.17) is 0 Å². The first-order chi connectivity index (χ1) is 6.59.